The maximum atomic E-state index is 12.7. The molecule has 0 saturated heterocycles. The Balaban J connectivity index is 2.10. The first-order valence-corrected chi connectivity index (χ1v) is 9.11. The number of ketones is 1. The summed E-state index contributed by atoms with van der Waals surface area (Å²) in [6.45, 7) is 3.71. The predicted molar refractivity (Wildman–Crippen MR) is 91.4 cm³/mol. The minimum atomic E-state index is -3.87. The van der Waals surface area contributed by atoms with Gasteiger partial charge in [-0.3, -0.25) is 9.10 Å². The molecule has 0 bridgehead atoms. The van der Waals surface area contributed by atoms with E-state index in [1.807, 2.05) is 13.8 Å². The van der Waals surface area contributed by atoms with Crippen LogP contribution in [-0.4, -0.2) is 26.2 Å². The first-order valence-electron chi connectivity index (χ1n) is 6.85. The number of hydrogen-bond acceptors (Lipinski definition) is 6. The Labute approximate surface area is 138 Å². The molecular formula is C15H15N3O3S2. The molecule has 0 spiro atoms. The minimum absolute atomic E-state index is 0.279. The third kappa shape index (κ3) is 2.43. The second-order valence-corrected chi connectivity index (χ2v) is 8.27. The average molecular weight is 349 g/mol. The highest BCUT2D eigenvalue weighted by atomic mass is 32.2. The quantitative estimate of drug-likeness (QED) is 0.843. The topological polar surface area (TPSA) is 79.4 Å². The van der Waals surface area contributed by atoms with Crippen LogP contribution in [0.4, 0.5) is 10.8 Å². The van der Waals surface area contributed by atoms with Crippen LogP contribution in [0, 0.1) is 13.8 Å². The molecule has 0 unspecified atom stereocenters. The van der Waals surface area contributed by atoms with Gasteiger partial charge in [0.25, 0.3) is 10.0 Å². The second kappa shape index (κ2) is 5.47. The summed E-state index contributed by atoms with van der Waals surface area (Å²) in [6, 6.07) is 5.20. The number of allylic oxidation sites excluding steroid dienone is 1. The number of carbonyl (C=O) groups excluding carboxylic acids is 1. The van der Waals surface area contributed by atoms with Gasteiger partial charge in [-0.1, -0.05) is 6.07 Å². The van der Waals surface area contributed by atoms with Crippen LogP contribution in [0.5, 0.6) is 0 Å². The lowest BCUT2D eigenvalue weighted by Crippen LogP contribution is -2.36. The summed E-state index contributed by atoms with van der Waals surface area (Å²) in [6.07, 6.45) is 2.79. The Morgan fingerprint density at radius 3 is 2.70 bits per heavy atom. The van der Waals surface area contributed by atoms with Gasteiger partial charge >= 0.3 is 0 Å². The molecule has 8 heteroatoms. The van der Waals surface area contributed by atoms with Gasteiger partial charge in [0.05, 0.1) is 5.56 Å². The molecule has 3 rings (SSSR count). The van der Waals surface area contributed by atoms with Crippen molar-refractivity contribution in [1.29, 1.82) is 0 Å². The molecule has 0 fully saturated rings. The third-order valence-corrected chi connectivity index (χ3v) is 6.92. The second-order valence-electron chi connectivity index (χ2n) is 5.13. The van der Waals surface area contributed by atoms with E-state index < -0.39 is 15.8 Å². The molecule has 0 saturated carbocycles. The molecule has 2 aromatic rings. The number of aromatic nitrogens is 1. The maximum Gasteiger partial charge on any atom is 0.270 e. The lowest BCUT2D eigenvalue weighted by Gasteiger charge is -2.25. The van der Waals surface area contributed by atoms with E-state index >= 15 is 0 Å². The van der Waals surface area contributed by atoms with E-state index in [-0.39, 0.29) is 4.91 Å². The maximum absolute atomic E-state index is 12.7. The molecule has 1 aliphatic rings. The SMILES string of the molecule is Cc1sc2c(c1C)C(=O)C(=CNc1ccccn1)S(=O)(=O)N2C. The Bertz CT molecular complexity index is 915. The van der Waals surface area contributed by atoms with Gasteiger partial charge in [0, 0.05) is 24.3 Å². The summed E-state index contributed by atoms with van der Waals surface area (Å²) in [5.74, 6) is -0.0157. The number of nitrogens with one attached hydrogen (secondary N) is 1. The van der Waals surface area contributed by atoms with E-state index in [0.717, 1.165) is 10.4 Å². The number of anilines is 2. The Kier molecular flexibility index (Phi) is 3.73. The number of fused-ring (bicyclic) bond motifs is 1. The van der Waals surface area contributed by atoms with Gasteiger partial charge < -0.3 is 5.32 Å². The van der Waals surface area contributed by atoms with Crippen molar-refractivity contribution in [2.24, 2.45) is 0 Å². The lowest BCUT2D eigenvalue weighted by atomic mass is 10.1. The highest BCUT2D eigenvalue weighted by Crippen LogP contribution is 2.42. The molecule has 0 aromatic carbocycles. The van der Waals surface area contributed by atoms with E-state index in [1.165, 1.54) is 28.9 Å². The number of carbonyl (C=O) groups is 1. The van der Waals surface area contributed by atoms with Crippen LogP contribution in [0.1, 0.15) is 20.8 Å². The molecule has 1 N–H and O–H groups in total. The van der Waals surface area contributed by atoms with Gasteiger partial charge in [-0.05, 0) is 31.5 Å². The predicted octanol–water partition coefficient (Wildman–Crippen LogP) is 2.68. The zero-order chi connectivity index (χ0) is 16.8. The Morgan fingerprint density at radius 2 is 2.04 bits per heavy atom. The number of thiophene rings is 1. The molecule has 0 amide bonds. The van der Waals surface area contributed by atoms with Gasteiger partial charge in [-0.2, -0.15) is 0 Å². The smallest absolute Gasteiger partial charge is 0.270 e. The summed E-state index contributed by atoms with van der Waals surface area (Å²) in [7, 11) is -2.41. The number of aryl methyl sites for hydroxylation is 1. The summed E-state index contributed by atoms with van der Waals surface area (Å²) in [5.41, 5.74) is 1.28. The molecule has 1 aliphatic heterocycles. The Hall–Kier alpha value is -2.19. The zero-order valence-electron chi connectivity index (χ0n) is 12.8. The van der Waals surface area contributed by atoms with Crippen molar-refractivity contribution in [2.45, 2.75) is 13.8 Å². The van der Waals surface area contributed by atoms with Crippen LogP contribution < -0.4 is 9.62 Å². The van der Waals surface area contributed by atoms with E-state index in [9.17, 15) is 13.2 Å². The molecule has 0 aliphatic carbocycles. The van der Waals surface area contributed by atoms with Gasteiger partial charge in [-0.15, -0.1) is 11.3 Å². The van der Waals surface area contributed by atoms with Crippen LogP contribution in [0.2, 0.25) is 0 Å². The highest BCUT2D eigenvalue weighted by Gasteiger charge is 2.40. The lowest BCUT2D eigenvalue weighted by molar-refractivity contribution is 0.104. The Morgan fingerprint density at radius 1 is 1.30 bits per heavy atom. The van der Waals surface area contributed by atoms with Gasteiger partial charge in [0.15, 0.2) is 4.91 Å². The van der Waals surface area contributed by atoms with Crippen molar-refractivity contribution in [3.63, 3.8) is 0 Å². The standard InChI is InChI=1S/C15H15N3O3S2/c1-9-10(2)22-15-13(9)14(19)11(23(20,21)18(15)3)8-17-12-6-4-5-7-16-12/h4-8H,1-3H3,(H,16,17). The van der Waals surface area contributed by atoms with E-state index in [1.54, 1.807) is 24.4 Å². The first-order chi connectivity index (χ1) is 10.8. The molecule has 2 aromatic heterocycles. The van der Waals surface area contributed by atoms with Crippen molar-refractivity contribution in [3.05, 3.63) is 51.5 Å². The van der Waals surface area contributed by atoms with E-state index in [0.29, 0.717) is 16.4 Å². The molecule has 0 radical (unpaired) electrons. The molecule has 6 nitrogen and oxygen atoms in total. The zero-order valence-corrected chi connectivity index (χ0v) is 14.5. The fourth-order valence-corrected chi connectivity index (χ4v) is 4.90. The van der Waals surface area contributed by atoms with Crippen molar-refractivity contribution >= 4 is 38.0 Å². The third-order valence-electron chi connectivity index (χ3n) is 3.76. The van der Waals surface area contributed by atoms with Crippen molar-refractivity contribution in [2.75, 3.05) is 16.7 Å². The molecule has 23 heavy (non-hydrogen) atoms. The van der Waals surface area contributed by atoms with Crippen molar-refractivity contribution in [3.8, 4) is 0 Å². The van der Waals surface area contributed by atoms with E-state index in [4.69, 9.17) is 0 Å². The number of hydrogen-bond donors (Lipinski definition) is 1. The number of pyridine rings is 1. The molecule has 3 heterocycles. The number of rotatable bonds is 2. The molecular weight excluding hydrogens is 334 g/mol. The van der Waals surface area contributed by atoms with E-state index in [2.05, 4.69) is 10.3 Å². The average Bonchev–Trinajstić information content (AvgIpc) is 2.82. The van der Waals surface area contributed by atoms with Crippen LogP contribution in [0.3, 0.4) is 0 Å². The molecule has 0 atom stereocenters. The summed E-state index contributed by atoms with van der Waals surface area (Å²) < 4.78 is 26.4. The summed E-state index contributed by atoms with van der Waals surface area (Å²) in [5, 5.41) is 3.25. The van der Waals surface area contributed by atoms with Crippen LogP contribution in [0.15, 0.2) is 35.5 Å². The highest BCUT2D eigenvalue weighted by molar-refractivity contribution is 7.98. The van der Waals surface area contributed by atoms with Crippen LogP contribution >= 0.6 is 11.3 Å². The normalized spacial score (nSPS) is 18.1. The molecule has 120 valence electrons. The minimum Gasteiger partial charge on any atom is -0.345 e. The van der Waals surface area contributed by atoms with Crippen molar-refractivity contribution in [1.82, 2.24) is 4.98 Å². The fraction of sp³-hybridized carbons (Fsp3) is 0.200. The van der Waals surface area contributed by atoms with Gasteiger partial charge in [0.2, 0.25) is 5.78 Å². The summed E-state index contributed by atoms with van der Waals surface area (Å²) in [4.78, 5) is 17.4. The number of sulfonamides is 1. The van der Waals surface area contributed by atoms with Gasteiger partial charge in [-0.25, -0.2) is 13.4 Å². The van der Waals surface area contributed by atoms with Crippen molar-refractivity contribution < 1.29 is 13.2 Å². The van der Waals surface area contributed by atoms with Crippen LogP contribution in [-0.2, 0) is 10.0 Å². The fourth-order valence-electron chi connectivity index (χ4n) is 2.32. The largest absolute Gasteiger partial charge is 0.345 e. The van der Waals surface area contributed by atoms with Crippen LogP contribution in [0.25, 0.3) is 0 Å². The summed E-state index contributed by atoms with van der Waals surface area (Å²) >= 11 is 1.31. The monoisotopic (exact) mass is 349 g/mol. The number of nitrogens with zero attached hydrogens (tertiary/aromatic N) is 2. The number of Topliss-reactive ketones (excluding diaryl/α,β-unsaturated/α-hetero) is 1. The van der Waals surface area contributed by atoms with Gasteiger partial charge in [0.1, 0.15) is 10.8 Å². The first kappa shape index (κ1) is 15.7.